The Balaban J connectivity index is 2.26. The minimum absolute atomic E-state index is 0.247. The van der Waals surface area contributed by atoms with Crippen LogP contribution >= 0.6 is 0 Å². The Morgan fingerprint density at radius 2 is 1.95 bits per heavy atom. The molecule has 0 bridgehead atoms. The Bertz CT molecular complexity index is 686. The van der Waals surface area contributed by atoms with Gasteiger partial charge in [-0.05, 0) is 24.6 Å². The normalized spacial score (nSPS) is 10.5. The third kappa shape index (κ3) is 3.18. The van der Waals surface area contributed by atoms with Gasteiger partial charge in [0.2, 0.25) is 0 Å². The van der Waals surface area contributed by atoms with E-state index in [0.29, 0.717) is 0 Å². The predicted octanol–water partition coefficient (Wildman–Crippen LogP) is 3.13. The van der Waals surface area contributed by atoms with Gasteiger partial charge in [-0.25, -0.2) is 8.78 Å². The quantitative estimate of drug-likeness (QED) is 0.883. The first-order chi connectivity index (χ1) is 9.90. The van der Waals surface area contributed by atoms with Crippen molar-refractivity contribution in [2.75, 3.05) is 12.8 Å². The van der Waals surface area contributed by atoms with Crippen molar-refractivity contribution < 1.29 is 13.6 Å². The third-order valence-electron chi connectivity index (χ3n) is 3.18. The third-order valence-corrected chi connectivity index (χ3v) is 3.18. The Kier molecular flexibility index (Phi) is 4.21. The molecule has 0 saturated heterocycles. The van der Waals surface area contributed by atoms with Gasteiger partial charge in [-0.2, -0.15) is 0 Å². The van der Waals surface area contributed by atoms with Crippen molar-refractivity contribution in [2.45, 2.75) is 13.5 Å². The first-order valence-electron chi connectivity index (χ1n) is 6.44. The van der Waals surface area contributed by atoms with Crippen LogP contribution in [0.3, 0.4) is 0 Å². The summed E-state index contributed by atoms with van der Waals surface area (Å²) in [5, 5.41) is 0. The second-order valence-electron chi connectivity index (χ2n) is 4.98. The number of nitrogens with two attached hydrogens (primary N) is 1. The minimum Gasteiger partial charge on any atom is -0.396 e. The van der Waals surface area contributed by atoms with Crippen LogP contribution in [0.1, 0.15) is 21.5 Å². The molecule has 0 aliphatic heterocycles. The van der Waals surface area contributed by atoms with E-state index in [-0.39, 0.29) is 12.2 Å². The summed E-state index contributed by atoms with van der Waals surface area (Å²) in [5.74, 6) is -2.67. The van der Waals surface area contributed by atoms with Crippen LogP contribution in [0.4, 0.5) is 14.5 Å². The molecule has 0 atom stereocenters. The molecule has 0 unspecified atom stereocenters. The Morgan fingerprint density at radius 1 is 1.24 bits per heavy atom. The number of nitrogens with zero attached hydrogens (tertiary/aromatic N) is 1. The van der Waals surface area contributed by atoms with E-state index in [0.717, 1.165) is 23.3 Å². The number of nitrogen functional groups attached to an aromatic ring is 1. The Morgan fingerprint density at radius 3 is 2.62 bits per heavy atom. The maximum Gasteiger partial charge on any atom is 0.259 e. The standard InChI is InChI=1S/C16H16F2N2O/c1-10-4-3-5-11(8-10)9-20(2)16(21)14-12(17)6-7-13(19)15(14)18/h3-8H,9,19H2,1-2H3. The highest BCUT2D eigenvalue weighted by atomic mass is 19.1. The predicted molar refractivity (Wildman–Crippen MR) is 77.7 cm³/mol. The molecule has 2 N–H and O–H groups in total. The topological polar surface area (TPSA) is 46.3 Å². The van der Waals surface area contributed by atoms with Crippen LogP contribution in [0, 0.1) is 18.6 Å². The van der Waals surface area contributed by atoms with Crippen molar-refractivity contribution in [3.8, 4) is 0 Å². The molecule has 3 nitrogen and oxygen atoms in total. The van der Waals surface area contributed by atoms with Crippen LogP contribution in [0.15, 0.2) is 36.4 Å². The highest BCUT2D eigenvalue weighted by Gasteiger charge is 2.22. The Hall–Kier alpha value is -2.43. The van der Waals surface area contributed by atoms with Gasteiger partial charge in [0.15, 0.2) is 5.82 Å². The van der Waals surface area contributed by atoms with Gasteiger partial charge < -0.3 is 10.6 Å². The summed E-state index contributed by atoms with van der Waals surface area (Å²) in [5.41, 5.74) is 6.46. The van der Waals surface area contributed by atoms with Crippen molar-refractivity contribution in [2.24, 2.45) is 0 Å². The highest BCUT2D eigenvalue weighted by molar-refractivity contribution is 5.95. The molecular weight excluding hydrogens is 274 g/mol. The molecule has 0 aliphatic carbocycles. The molecule has 2 aromatic carbocycles. The van der Waals surface area contributed by atoms with E-state index in [9.17, 15) is 13.6 Å². The lowest BCUT2D eigenvalue weighted by Crippen LogP contribution is -2.28. The van der Waals surface area contributed by atoms with Gasteiger partial charge in [-0.1, -0.05) is 29.8 Å². The largest absolute Gasteiger partial charge is 0.396 e. The SMILES string of the molecule is Cc1cccc(CN(C)C(=O)c2c(F)ccc(N)c2F)c1. The van der Waals surface area contributed by atoms with E-state index in [4.69, 9.17) is 5.73 Å². The van der Waals surface area contributed by atoms with Gasteiger partial charge in [0, 0.05) is 13.6 Å². The van der Waals surface area contributed by atoms with Crippen LogP contribution in [0.25, 0.3) is 0 Å². The van der Waals surface area contributed by atoms with Crippen LogP contribution in [-0.2, 0) is 6.54 Å². The van der Waals surface area contributed by atoms with Gasteiger partial charge >= 0.3 is 0 Å². The van der Waals surface area contributed by atoms with Gasteiger partial charge in [0.1, 0.15) is 11.4 Å². The van der Waals surface area contributed by atoms with Gasteiger partial charge in [0.25, 0.3) is 5.91 Å². The lowest BCUT2D eigenvalue weighted by atomic mass is 10.1. The zero-order chi connectivity index (χ0) is 15.6. The molecule has 0 saturated carbocycles. The lowest BCUT2D eigenvalue weighted by Gasteiger charge is -2.18. The van der Waals surface area contributed by atoms with Crippen LogP contribution < -0.4 is 5.73 Å². The number of anilines is 1. The average molecular weight is 290 g/mol. The monoisotopic (exact) mass is 290 g/mol. The summed E-state index contributed by atoms with van der Waals surface area (Å²) < 4.78 is 27.6. The van der Waals surface area contributed by atoms with Gasteiger partial charge in [-0.15, -0.1) is 0 Å². The molecule has 5 heteroatoms. The molecule has 0 radical (unpaired) electrons. The van der Waals surface area contributed by atoms with Crippen LogP contribution in [0.5, 0.6) is 0 Å². The van der Waals surface area contributed by atoms with Crippen molar-refractivity contribution in [1.29, 1.82) is 0 Å². The first kappa shape index (κ1) is 15.0. The number of rotatable bonds is 3. The smallest absolute Gasteiger partial charge is 0.259 e. The molecule has 21 heavy (non-hydrogen) atoms. The number of amides is 1. The molecule has 0 heterocycles. The highest BCUT2D eigenvalue weighted by Crippen LogP contribution is 2.20. The van der Waals surface area contributed by atoms with E-state index in [1.807, 2.05) is 31.2 Å². The van der Waals surface area contributed by atoms with Crippen molar-refractivity contribution in [1.82, 2.24) is 4.90 Å². The van der Waals surface area contributed by atoms with Gasteiger partial charge in [-0.3, -0.25) is 4.79 Å². The van der Waals surface area contributed by atoms with E-state index in [2.05, 4.69) is 0 Å². The zero-order valence-electron chi connectivity index (χ0n) is 11.9. The molecule has 2 rings (SSSR count). The summed E-state index contributed by atoms with van der Waals surface area (Å²) >= 11 is 0. The molecule has 0 spiro atoms. The van der Waals surface area contributed by atoms with E-state index in [1.54, 1.807) is 0 Å². The maximum absolute atomic E-state index is 13.9. The first-order valence-corrected chi connectivity index (χ1v) is 6.44. The molecule has 1 amide bonds. The summed E-state index contributed by atoms with van der Waals surface area (Å²) in [4.78, 5) is 13.5. The number of hydrogen-bond donors (Lipinski definition) is 1. The van der Waals surface area contributed by atoms with Crippen molar-refractivity contribution in [3.63, 3.8) is 0 Å². The molecule has 0 aromatic heterocycles. The van der Waals surface area contributed by atoms with Crippen molar-refractivity contribution in [3.05, 3.63) is 64.7 Å². The number of carbonyl (C=O) groups excluding carboxylic acids is 1. The van der Waals surface area contributed by atoms with Crippen molar-refractivity contribution >= 4 is 11.6 Å². The fourth-order valence-electron chi connectivity index (χ4n) is 2.11. The second-order valence-corrected chi connectivity index (χ2v) is 4.98. The van der Waals surface area contributed by atoms with E-state index >= 15 is 0 Å². The second kappa shape index (κ2) is 5.91. The zero-order valence-corrected chi connectivity index (χ0v) is 11.9. The van der Waals surface area contributed by atoms with Gasteiger partial charge in [0.05, 0.1) is 5.69 Å². The molecule has 110 valence electrons. The summed E-state index contributed by atoms with van der Waals surface area (Å²) in [6.45, 7) is 2.19. The molecule has 0 fully saturated rings. The number of carbonyl (C=O) groups is 1. The van der Waals surface area contributed by atoms with Crippen LogP contribution in [-0.4, -0.2) is 17.9 Å². The number of hydrogen-bond acceptors (Lipinski definition) is 2. The van der Waals surface area contributed by atoms with E-state index < -0.39 is 23.1 Å². The maximum atomic E-state index is 13.9. The fraction of sp³-hybridized carbons (Fsp3) is 0.188. The fourth-order valence-corrected chi connectivity index (χ4v) is 2.11. The number of benzene rings is 2. The molecule has 2 aromatic rings. The summed E-state index contributed by atoms with van der Waals surface area (Å²) in [6, 6.07) is 9.65. The van der Waals surface area contributed by atoms with Crippen LogP contribution in [0.2, 0.25) is 0 Å². The lowest BCUT2D eigenvalue weighted by molar-refractivity contribution is 0.0775. The average Bonchev–Trinajstić information content (AvgIpc) is 2.43. The number of halogens is 2. The molecular formula is C16H16F2N2O. The number of aryl methyl sites for hydroxylation is 1. The Labute approximate surface area is 122 Å². The minimum atomic E-state index is -1.02. The summed E-state index contributed by atoms with van der Waals surface area (Å²) in [6.07, 6.45) is 0. The van der Waals surface area contributed by atoms with E-state index in [1.165, 1.54) is 11.9 Å². The summed E-state index contributed by atoms with van der Waals surface area (Å²) in [7, 11) is 1.49. The molecule has 0 aliphatic rings.